The lowest BCUT2D eigenvalue weighted by Crippen LogP contribution is -2.24. The predicted octanol–water partition coefficient (Wildman–Crippen LogP) is 3.38. The number of hydrogen-bond donors (Lipinski definition) is 1. The first kappa shape index (κ1) is 12.5. The summed E-state index contributed by atoms with van der Waals surface area (Å²) in [4.78, 5) is 11.5. The van der Waals surface area contributed by atoms with E-state index in [9.17, 15) is 9.18 Å². The lowest BCUT2D eigenvalue weighted by Gasteiger charge is -2.06. The molecule has 82 valence electrons. The highest BCUT2D eigenvalue weighted by Gasteiger charge is 2.13. The molecule has 0 saturated heterocycles. The van der Waals surface area contributed by atoms with E-state index in [2.05, 4.69) is 21.2 Å². The largest absolute Gasteiger partial charge is 0.352 e. The Morgan fingerprint density at radius 1 is 1.60 bits per heavy atom. The molecule has 1 aromatic rings. The van der Waals surface area contributed by atoms with Gasteiger partial charge in [0.05, 0.1) is 10.6 Å². The summed E-state index contributed by atoms with van der Waals surface area (Å²) in [7, 11) is 0. The number of halogens is 3. The number of benzene rings is 1. The van der Waals surface area contributed by atoms with E-state index >= 15 is 0 Å². The molecule has 0 bridgehead atoms. The van der Waals surface area contributed by atoms with Crippen molar-refractivity contribution in [3.05, 3.63) is 33.0 Å². The molecule has 0 radical (unpaired) electrons. The van der Waals surface area contributed by atoms with Crippen molar-refractivity contribution in [3.8, 4) is 0 Å². The maximum Gasteiger partial charge on any atom is 0.252 e. The number of rotatable bonds is 3. The number of carbonyl (C=O) groups is 1. The van der Waals surface area contributed by atoms with Crippen LogP contribution in [0.15, 0.2) is 16.6 Å². The molecule has 1 aromatic carbocycles. The van der Waals surface area contributed by atoms with Gasteiger partial charge in [-0.1, -0.05) is 18.5 Å². The smallest absolute Gasteiger partial charge is 0.252 e. The van der Waals surface area contributed by atoms with Gasteiger partial charge >= 0.3 is 0 Å². The maximum absolute atomic E-state index is 13.0. The molecule has 0 heterocycles. The summed E-state index contributed by atoms with van der Waals surface area (Å²) in [6, 6.07) is 2.34. The van der Waals surface area contributed by atoms with Gasteiger partial charge in [0.15, 0.2) is 0 Å². The first-order chi connectivity index (χ1) is 7.06. The molecule has 0 unspecified atom stereocenters. The average molecular weight is 295 g/mol. The van der Waals surface area contributed by atoms with Crippen molar-refractivity contribution in [3.63, 3.8) is 0 Å². The van der Waals surface area contributed by atoms with Crippen molar-refractivity contribution in [2.45, 2.75) is 13.3 Å². The normalized spacial score (nSPS) is 10.1. The Kier molecular flexibility index (Phi) is 4.54. The van der Waals surface area contributed by atoms with E-state index < -0.39 is 5.82 Å². The number of carbonyl (C=O) groups excluding carboxylic acids is 1. The third-order valence-electron chi connectivity index (χ3n) is 1.77. The third-order valence-corrected chi connectivity index (χ3v) is 3.03. The van der Waals surface area contributed by atoms with E-state index in [1.807, 2.05) is 6.92 Å². The van der Waals surface area contributed by atoms with Gasteiger partial charge in [0.25, 0.3) is 5.91 Å². The molecular formula is C10H10BrClFNO. The van der Waals surface area contributed by atoms with Crippen molar-refractivity contribution in [2.24, 2.45) is 0 Å². The van der Waals surface area contributed by atoms with Crippen LogP contribution in [0.2, 0.25) is 5.02 Å². The summed E-state index contributed by atoms with van der Waals surface area (Å²) >= 11 is 8.95. The Morgan fingerprint density at radius 3 is 2.87 bits per heavy atom. The third kappa shape index (κ3) is 3.18. The maximum atomic E-state index is 13.0. The topological polar surface area (TPSA) is 29.1 Å². The second-order valence-electron chi connectivity index (χ2n) is 3.01. The van der Waals surface area contributed by atoms with Crippen LogP contribution in [0, 0.1) is 5.82 Å². The van der Waals surface area contributed by atoms with Crippen LogP contribution in [0.25, 0.3) is 0 Å². The molecular weight excluding hydrogens is 284 g/mol. The zero-order valence-corrected chi connectivity index (χ0v) is 10.5. The van der Waals surface area contributed by atoms with Crippen molar-refractivity contribution in [2.75, 3.05) is 6.54 Å². The van der Waals surface area contributed by atoms with Gasteiger partial charge in [-0.2, -0.15) is 0 Å². The zero-order chi connectivity index (χ0) is 11.4. The standard InChI is InChI=1S/C10H10BrClFNO/c1-2-3-14-10(15)7-4-6(13)5-8(11)9(7)12/h4-5H,2-3H2,1H3,(H,14,15). The van der Waals surface area contributed by atoms with Gasteiger partial charge in [0.2, 0.25) is 0 Å². The van der Waals surface area contributed by atoms with Gasteiger partial charge in [-0.3, -0.25) is 4.79 Å². The monoisotopic (exact) mass is 293 g/mol. The molecule has 0 aliphatic carbocycles. The summed E-state index contributed by atoms with van der Waals surface area (Å²) in [6.45, 7) is 2.48. The highest BCUT2D eigenvalue weighted by Crippen LogP contribution is 2.27. The van der Waals surface area contributed by atoms with Crippen molar-refractivity contribution in [1.82, 2.24) is 5.32 Å². The SMILES string of the molecule is CCCNC(=O)c1cc(F)cc(Br)c1Cl. The van der Waals surface area contributed by atoms with Crippen LogP contribution in [-0.2, 0) is 0 Å². The van der Waals surface area contributed by atoms with Gasteiger partial charge in [0.1, 0.15) is 5.82 Å². The molecule has 1 rings (SSSR count). The lowest BCUT2D eigenvalue weighted by molar-refractivity contribution is 0.0953. The molecule has 1 amide bonds. The number of nitrogens with one attached hydrogen (secondary N) is 1. The fourth-order valence-corrected chi connectivity index (χ4v) is 1.68. The number of amides is 1. The van der Waals surface area contributed by atoms with Crippen LogP contribution in [0.1, 0.15) is 23.7 Å². The average Bonchev–Trinajstić information content (AvgIpc) is 2.19. The summed E-state index contributed by atoms with van der Waals surface area (Å²) in [5.41, 5.74) is 0.150. The van der Waals surface area contributed by atoms with Crippen LogP contribution < -0.4 is 5.32 Å². The molecule has 15 heavy (non-hydrogen) atoms. The Labute approximate surface area is 101 Å². The van der Waals surface area contributed by atoms with Crippen molar-refractivity contribution >= 4 is 33.4 Å². The quantitative estimate of drug-likeness (QED) is 0.851. The number of hydrogen-bond acceptors (Lipinski definition) is 1. The molecule has 0 spiro atoms. The first-order valence-electron chi connectivity index (χ1n) is 4.49. The van der Waals surface area contributed by atoms with E-state index in [1.54, 1.807) is 0 Å². The van der Waals surface area contributed by atoms with Crippen LogP contribution in [-0.4, -0.2) is 12.5 Å². The van der Waals surface area contributed by atoms with Gasteiger partial charge in [-0.25, -0.2) is 4.39 Å². The fraction of sp³-hybridized carbons (Fsp3) is 0.300. The molecule has 0 aliphatic rings. The van der Waals surface area contributed by atoms with Gasteiger partial charge < -0.3 is 5.32 Å². The van der Waals surface area contributed by atoms with Gasteiger partial charge in [0, 0.05) is 11.0 Å². The van der Waals surface area contributed by atoms with E-state index in [1.165, 1.54) is 6.07 Å². The van der Waals surface area contributed by atoms with E-state index in [4.69, 9.17) is 11.6 Å². The highest BCUT2D eigenvalue weighted by molar-refractivity contribution is 9.10. The van der Waals surface area contributed by atoms with Crippen molar-refractivity contribution in [1.29, 1.82) is 0 Å². The van der Waals surface area contributed by atoms with Crippen LogP contribution in [0.3, 0.4) is 0 Å². The molecule has 0 aromatic heterocycles. The predicted molar refractivity (Wildman–Crippen MR) is 61.7 cm³/mol. The minimum absolute atomic E-state index is 0.150. The van der Waals surface area contributed by atoms with Crippen LogP contribution in [0.4, 0.5) is 4.39 Å². The summed E-state index contributed by atoms with van der Waals surface area (Å²) in [5, 5.41) is 2.86. The highest BCUT2D eigenvalue weighted by atomic mass is 79.9. The molecule has 0 fully saturated rings. The van der Waals surface area contributed by atoms with Gasteiger partial charge in [-0.15, -0.1) is 0 Å². The van der Waals surface area contributed by atoms with Crippen LogP contribution in [0.5, 0.6) is 0 Å². The van der Waals surface area contributed by atoms with E-state index in [0.29, 0.717) is 11.0 Å². The second-order valence-corrected chi connectivity index (χ2v) is 4.24. The minimum atomic E-state index is -0.493. The summed E-state index contributed by atoms with van der Waals surface area (Å²) in [5.74, 6) is -0.852. The molecule has 5 heteroatoms. The molecule has 0 aliphatic heterocycles. The molecule has 0 saturated carbocycles. The van der Waals surface area contributed by atoms with Crippen molar-refractivity contribution < 1.29 is 9.18 Å². The summed E-state index contributed by atoms with van der Waals surface area (Å²) < 4.78 is 13.4. The zero-order valence-electron chi connectivity index (χ0n) is 8.11. The Balaban J connectivity index is 2.98. The molecule has 0 atom stereocenters. The summed E-state index contributed by atoms with van der Waals surface area (Å²) in [6.07, 6.45) is 0.819. The van der Waals surface area contributed by atoms with Crippen LogP contribution >= 0.6 is 27.5 Å². The first-order valence-corrected chi connectivity index (χ1v) is 5.66. The lowest BCUT2D eigenvalue weighted by atomic mass is 10.2. The second kappa shape index (κ2) is 5.47. The Bertz CT molecular complexity index is 384. The Hall–Kier alpha value is -0.610. The van der Waals surface area contributed by atoms with E-state index in [0.717, 1.165) is 12.5 Å². The fourth-order valence-electron chi connectivity index (χ4n) is 1.05. The molecule has 2 nitrogen and oxygen atoms in total. The van der Waals surface area contributed by atoms with Gasteiger partial charge in [-0.05, 0) is 34.5 Å². The molecule has 1 N–H and O–H groups in total. The minimum Gasteiger partial charge on any atom is -0.352 e. The Morgan fingerprint density at radius 2 is 2.27 bits per heavy atom. The van der Waals surface area contributed by atoms with E-state index in [-0.39, 0.29) is 16.5 Å².